The van der Waals surface area contributed by atoms with Crippen molar-refractivity contribution in [3.63, 3.8) is 0 Å². The summed E-state index contributed by atoms with van der Waals surface area (Å²) in [5, 5.41) is 37.1. The Balaban J connectivity index is 1.68. The summed E-state index contributed by atoms with van der Waals surface area (Å²) in [6, 6.07) is 0. The Morgan fingerprint density at radius 1 is 1.24 bits per heavy atom. The number of imidazole rings is 1. The largest absolute Gasteiger partial charge is 0.387 e. The number of aromatic nitrogens is 4. The van der Waals surface area contributed by atoms with Crippen molar-refractivity contribution < 1.29 is 24.9 Å². The van der Waals surface area contributed by atoms with Gasteiger partial charge in [-0.3, -0.25) is 9.36 Å². The first-order valence-electron chi connectivity index (χ1n) is 11.4. The van der Waals surface area contributed by atoms with Crippen LogP contribution in [0.5, 0.6) is 0 Å². The summed E-state index contributed by atoms with van der Waals surface area (Å²) >= 11 is 0. The third-order valence-corrected chi connectivity index (χ3v) is 6.07. The average molecular weight is 459 g/mol. The molecule has 0 aromatic carbocycles. The molecule has 33 heavy (non-hydrogen) atoms. The van der Waals surface area contributed by atoms with Crippen molar-refractivity contribution in [2.75, 3.05) is 18.4 Å². The summed E-state index contributed by atoms with van der Waals surface area (Å²) in [7, 11) is 0. The first kappa shape index (κ1) is 23.4. The summed E-state index contributed by atoms with van der Waals surface area (Å²) in [4.78, 5) is 25.5. The average Bonchev–Trinajstić information content (AvgIpc) is 3.53. The minimum absolute atomic E-state index is 0.162. The van der Waals surface area contributed by atoms with Crippen LogP contribution in [0, 0.1) is 17.8 Å². The first-order chi connectivity index (χ1) is 15.9. The van der Waals surface area contributed by atoms with E-state index in [1.807, 2.05) is 6.92 Å². The van der Waals surface area contributed by atoms with E-state index < -0.39 is 36.6 Å². The Bertz CT molecular complexity index is 1060. The number of hydrogen-bond acceptors (Lipinski definition) is 9. The number of ether oxygens (including phenoxy) is 1. The van der Waals surface area contributed by atoms with Gasteiger partial charge in [-0.2, -0.15) is 0 Å². The summed E-state index contributed by atoms with van der Waals surface area (Å²) in [5.41, 5.74) is 0.763. The molecule has 0 radical (unpaired) electrons. The van der Waals surface area contributed by atoms with Crippen LogP contribution < -0.4 is 10.6 Å². The zero-order chi connectivity index (χ0) is 23.5. The molecule has 3 heterocycles. The molecule has 178 valence electrons. The highest BCUT2D eigenvalue weighted by atomic mass is 16.6. The van der Waals surface area contributed by atoms with Crippen LogP contribution in [0.25, 0.3) is 11.2 Å². The number of nitrogens with one attached hydrogen (secondary N) is 2. The van der Waals surface area contributed by atoms with Gasteiger partial charge < -0.3 is 30.7 Å². The van der Waals surface area contributed by atoms with Crippen LogP contribution in [0.3, 0.4) is 0 Å². The van der Waals surface area contributed by atoms with E-state index >= 15 is 0 Å². The van der Waals surface area contributed by atoms with E-state index in [0.29, 0.717) is 30.1 Å². The number of likely N-dealkylation sites (N-methyl/N-ethyl adjacent to an activating group) is 1. The highest BCUT2D eigenvalue weighted by molar-refractivity contribution is 5.84. The summed E-state index contributed by atoms with van der Waals surface area (Å²) in [6.07, 6.45) is -0.288. The molecule has 11 nitrogen and oxygen atoms in total. The lowest BCUT2D eigenvalue weighted by molar-refractivity contribution is -0.137. The van der Waals surface area contributed by atoms with Gasteiger partial charge in [0.1, 0.15) is 18.3 Å². The highest BCUT2D eigenvalue weighted by Crippen LogP contribution is 2.33. The number of nitrogens with zero attached hydrogens (tertiary/aromatic N) is 4. The number of hydrogen-bond donors (Lipinski definition) is 5. The summed E-state index contributed by atoms with van der Waals surface area (Å²) in [5.74, 6) is 6.01. The van der Waals surface area contributed by atoms with E-state index in [4.69, 9.17) is 4.74 Å². The fraction of sp³-hybridized carbons (Fsp3) is 0.636. The Labute approximate surface area is 191 Å². The van der Waals surface area contributed by atoms with Crippen molar-refractivity contribution >= 4 is 22.9 Å². The first-order valence-corrected chi connectivity index (χ1v) is 11.4. The minimum atomic E-state index is -1.41. The van der Waals surface area contributed by atoms with Gasteiger partial charge in [0.25, 0.3) is 5.91 Å². The van der Waals surface area contributed by atoms with Crippen molar-refractivity contribution in [2.45, 2.75) is 70.2 Å². The molecule has 0 bridgehead atoms. The molecule has 1 unspecified atom stereocenters. The molecule has 5 atom stereocenters. The number of anilines is 1. The lowest BCUT2D eigenvalue weighted by Gasteiger charge is -2.16. The second-order valence-electron chi connectivity index (χ2n) is 8.33. The third kappa shape index (κ3) is 4.65. The molecule has 2 aromatic rings. The number of aliphatic hydroxyl groups is 3. The maximum atomic E-state index is 12.2. The van der Waals surface area contributed by atoms with Crippen LogP contribution >= 0.6 is 0 Å². The van der Waals surface area contributed by atoms with Gasteiger partial charge in [-0.1, -0.05) is 18.8 Å². The summed E-state index contributed by atoms with van der Waals surface area (Å²) in [6.45, 7) is 4.62. The molecule has 0 spiro atoms. The van der Waals surface area contributed by atoms with E-state index in [2.05, 4.69) is 37.4 Å². The topological polar surface area (TPSA) is 155 Å². The summed E-state index contributed by atoms with van der Waals surface area (Å²) < 4.78 is 7.17. The standard InChI is InChI=1S/C22H30N6O5/c1-3-23-19-15-20(27-14(26-19)10-9-13(29)12-7-5-6-8-12)28(11-25-15)22-17(31)16(30)18(33-22)21(32)24-4-2/h11-13,16-18,22,29-31H,3-8H2,1-2H3,(H,24,32)(H,23,26,27)/t13?,16-,17+,18-,22+/m0/s1. The quantitative estimate of drug-likeness (QED) is 0.374. The zero-order valence-corrected chi connectivity index (χ0v) is 18.7. The molecular formula is C22H30N6O5. The maximum Gasteiger partial charge on any atom is 0.252 e. The van der Waals surface area contributed by atoms with Crippen LogP contribution in [0.4, 0.5) is 5.82 Å². The fourth-order valence-electron chi connectivity index (χ4n) is 4.36. The second kappa shape index (κ2) is 10.0. The molecule has 2 aromatic heterocycles. The van der Waals surface area contributed by atoms with Gasteiger partial charge in [-0.05, 0) is 38.5 Å². The van der Waals surface area contributed by atoms with Gasteiger partial charge in [0.15, 0.2) is 29.3 Å². The van der Waals surface area contributed by atoms with Crippen LogP contribution in [0.15, 0.2) is 6.33 Å². The molecule has 1 amide bonds. The maximum absolute atomic E-state index is 12.2. The smallest absolute Gasteiger partial charge is 0.252 e. The van der Waals surface area contributed by atoms with Gasteiger partial charge in [0, 0.05) is 13.1 Å². The Hall–Kier alpha value is -2.78. The molecule has 5 N–H and O–H groups in total. The number of aliphatic hydroxyl groups excluding tert-OH is 3. The van der Waals surface area contributed by atoms with Crippen LogP contribution in [0.2, 0.25) is 0 Å². The zero-order valence-electron chi connectivity index (χ0n) is 18.7. The number of carbonyl (C=O) groups is 1. The Kier molecular flexibility index (Phi) is 7.09. The monoisotopic (exact) mass is 458 g/mol. The van der Waals surface area contributed by atoms with E-state index in [9.17, 15) is 20.1 Å². The molecule has 1 saturated heterocycles. The SMILES string of the molecule is CCNC(=O)[C@H]1O[C@@H](n2cnc3c(NCC)nc(C#CC(O)C4CCCC4)nc32)[C@H](O)[C@@H]1O. The van der Waals surface area contributed by atoms with Crippen LogP contribution in [-0.4, -0.2) is 78.3 Å². The molecule has 4 rings (SSSR count). The van der Waals surface area contributed by atoms with Crippen molar-refractivity contribution in [3.8, 4) is 11.8 Å². The Morgan fingerprint density at radius 2 is 2.00 bits per heavy atom. The van der Waals surface area contributed by atoms with E-state index in [0.717, 1.165) is 25.7 Å². The number of carbonyl (C=O) groups excluding carboxylic acids is 1. The fourth-order valence-corrected chi connectivity index (χ4v) is 4.36. The molecule has 1 saturated carbocycles. The second-order valence-corrected chi connectivity index (χ2v) is 8.33. The molecule has 1 aliphatic carbocycles. The lowest BCUT2D eigenvalue weighted by Crippen LogP contribution is -2.42. The minimum Gasteiger partial charge on any atom is -0.387 e. The van der Waals surface area contributed by atoms with Crippen molar-refractivity contribution in [3.05, 3.63) is 12.2 Å². The van der Waals surface area contributed by atoms with Crippen molar-refractivity contribution in [1.82, 2.24) is 24.8 Å². The predicted octanol–water partition coefficient (Wildman–Crippen LogP) is -0.0840. The van der Waals surface area contributed by atoms with Gasteiger partial charge >= 0.3 is 0 Å². The molecular weight excluding hydrogens is 428 g/mol. The number of fused-ring (bicyclic) bond motifs is 1. The van der Waals surface area contributed by atoms with E-state index in [1.54, 1.807) is 6.92 Å². The molecule has 2 aliphatic rings. The molecule has 11 heteroatoms. The third-order valence-electron chi connectivity index (χ3n) is 6.07. The lowest BCUT2D eigenvalue weighted by atomic mass is 10.0. The normalized spacial score (nSPS) is 26.2. The van der Waals surface area contributed by atoms with Crippen LogP contribution in [-0.2, 0) is 9.53 Å². The van der Waals surface area contributed by atoms with Gasteiger partial charge in [-0.25, -0.2) is 15.0 Å². The van der Waals surface area contributed by atoms with Crippen molar-refractivity contribution in [2.24, 2.45) is 5.92 Å². The predicted molar refractivity (Wildman–Crippen MR) is 119 cm³/mol. The van der Waals surface area contributed by atoms with Crippen molar-refractivity contribution in [1.29, 1.82) is 0 Å². The van der Waals surface area contributed by atoms with Gasteiger partial charge in [-0.15, -0.1) is 0 Å². The van der Waals surface area contributed by atoms with E-state index in [-0.39, 0.29) is 11.7 Å². The number of rotatable bonds is 6. The van der Waals surface area contributed by atoms with Crippen LogP contribution in [0.1, 0.15) is 51.6 Å². The highest BCUT2D eigenvalue weighted by Gasteiger charge is 2.47. The molecule has 1 aliphatic heterocycles. The van der Waals surface area contributed by atoms with E-state index in [1.165, 1.54) is 10.9 Å². The molecule has 2 fully saturated rings. The Morgan fingerprint density at radius 3 is 2.70 bits per heavy atom. The van der Waals surface area contributed by atoms with Gasteiger partial charge in [0.05, 0.1) is 6.33 Å². The van der Waals surface area contributed by atoms with Gasteiger partial charge in [0.2, 0.25) is 5.82 Å². The number of amides is 1.